The number of fused-ring (bicyclic) bond motifs is 1. The summed E-state index contributed by atoms with van der Waals surface area (Å²) >= 11 is 0. The van der Waals surface area contributed by atoms with Crippen molar-refractivity contribution in [2.75, 3.05) is 11.9 Å². The minimum absolute atomic E-state index is 0.0247. The molecule has 6 heteroatoms. The van der Waals surface area contributed by atoms with E-state index in [0.29, 0.717) is 5.92 Å². The summed E-state index contributed by atoms with van der Waals surface area (Å²) in [6, 6.07) is 12.7. The van der Waals surface area contributed by atoms with E-state index in [1.54, 1.807) is 30.1 Å². The normalized spacial score (nSPS) is 14.2. The lowest BCUT2D eigenvalue weighted by Gasteiger charge is -2.14. The van der Waals surface area contributed by atoms with Crippen molar-refractivity contribution < 1.29 is 13.2 Å². The first-order chi connectivity index (χ1) is 11.8. The zero-order chi connectivity index (χ0) is 18.2. The molecule has 25 heavy (non-hydrogen) atoms. The summed E-state index contributed by atoms with van der Waals surface area (Å²) in [6.07, 6.45) is 0.241. The molecule has 0 atom stereocenters. The molecule has 1 aliphatic rings. The fourth-order valence-electron chi connectivity index (χ4n) is 3.13. The van der Waals surface area contributed by atoms with E-state index >= 15 is 0 Å². The highest BCUT2D eigenvalue weighted by atomic mass is 32.2. The molecule has 1 amide bonds. The lowest BCUT2D eigenvalue weighted by Crippen LogP contribution is -2.24. The van der Waals surface area contributed by atoms with Crippen molar-refractivity contribution in [1.82, 2.24) is 4.72 Å². The van der Waals surface area contributed by atoms with Crippen LogP contribution in [0.4, 0.5) is 5.69 Å². The summed E-state index contributed by atoms with van der Waals surface area (Å²) in [4.78, 5) is 13.5. The summed E-state index contributed by atoms with van der Waals surface area (Å²) in [6.45, 7) is 4.41. The maximum Gasteiger partial charge on any atom is 0.240 e. The molecule has 0 saturated heterocycles. The Morgan fingerprint density at radius 2 is 1.88 bits per heavy atom. The predicted octanol–water partition coefficient (Wildman–Crippen LogP) is 2.81. The van der Waals surface area contributed by atoms with Gasteiger partial charge in [0.05, 0.1) is 11.3 Å². The number of sulfonamides is 1. The number of nitrogens with zero attached hydrogens (tertiary/aromatic N) is 1. The van der Waals surface area contributed by atoms with Crippen LogP contribution in [0.5, 0.6) is 0 Å². The molecule has 132 valence electrons. The summed E-state index contributed by atoms with van der Waals surface area (Å²) in [5, 5.41) is 0. The summed E-state index contributed by atoms with van der Waals surface area (Å²) in [5.74, 6) is 0.297. The highest BCUT2D eigenvalue weighted by molar-refractivity contribution is 7.89. The standard InChI is InChI=1S/C19H22N2O3S/c1-13(2)17-7-5-4-6-14(17)12-20-25(23,24)16-8-9-18-15(10-16)11-19(22)21(18)3/h4-10,13,20H,11-12H2,1-3H3. The van der Waals surface area contributed by atoms with Crippen molar-refractivity contribution in [3.63, 3.8) is 0 Å². The van der Waals surface area contributed by atoms with E-state index in [9.17, 15) is 13.2 Å². The number of anilines is 1. The number of hydrogen-bond donors (Lipinski definition) is 1. The summed E-state index contributed by atoms with van der Waals surface area (Å²) in [5.41, 5.74) is 3.62. The lowest BCUT2D eigenvalue weighted by atomic mass is 9.97. The SMILES string of the molecule is CC(C)c1ccccc1CNS(=O)(=O)c1ccc2c(c1)CC(=O)N2C. The topological polar surface area (TPSA) is 66.5 Å². The van der Waals surface area contributed by atoms with Crippen LogP contribution in [0.3, 0.4) is 0 Å². The molecule has 0 saturated carbocycles. The Hall–Kier alpha value is -2.18. The van der Waals surface area contributed by atoms with Gasteiger partial charge in [-0.1, -0.05) is 38.1 Å². The van der Waals surface area contributed by atoms with Crippen LogP contribution >= 0.6 is 0 Å². The van der Waals surface area contributed by atoms with E-state index in [1.807, 2.05) is 24.3 Å². The van der Waals surface area contributed by atoms with Gasteiger partial charge in [0.1, 0.15) is 0 Å². The molecule has 0 radical (unpaired) electrons. The van der Waals surface area contributed by atoms with E-state index < -0.39 is 10.0 Å². The van der Waals surface area contributed by atoms with E-state index in [0.717, 1.165) is 22.4 Å². The van der Waals surface area contributed by atoms with Crippen LogP contribution in [-0.4, -0.2) is 21.4 Å². The van der Waals surface area contributed by atoms with Gasteiger partial charge in [-0.25, -0.2) is 13.1 Å². The van der Waals surface area contributed by atoms with Gasteiger partial charge in [-0.3, -0.25) is 4.79 Å². The van der Waals surface area contributed by atoms with Gasteiger partial charge >= 0.3 is 0 Å². The number of amides is 1. The van der Waals surface area contributed by atoms with Gasteiger partial charge in [0.15, 0.2) is 0 Å². The van der Waals surface area contributed by atoms with Crippen molar-refractivity contribution in [2.45, 2.75) is 37.6 Å². The first kappa shape index (κ1) is 17.6. The Kier molecular flexibility index (Phi) is 4.67. The third kappa shape index (κ3) is 3.45. The molecule has 0 spiro atoms. The van der Waals surface area contributed by atoms with Gasteiger partial charge in [0.2, 0.25) is 15.9 Å². The van der Waals surface area contributed by atoms with Crippen molar-refractivity contribution >= 4 is 21.6 Å². The molecular formula is C19H22N2O3S. The first-order valence-corrected chi connectivity index (χ1v) is 9.75. The summed E-state index contributed by atoms with van der Waals surface area (Å²) in [7, 11) is -1.94. The van der Waals surface area contributed by atoms with Crippen LogP contribution in [0.15, 0.2) is 47.4 Å². The number of benzene rings is 2. The summed E-state index contributed by atoms with van der Waals surface area (Å²) < 4.78 is 28.0. The molecule has 5 nitrogen and oxygen atoms in total. The highest BCUT2D eigenvalue weighted by Crippen LogP contribution is 2.29. The number of likely N-dealkylation sites (N-methyl/N-ethyl adjacent to an activating group) is 1. The number of hydrogen-bond acceptors (Lipinski definition) is 3. The van der Waals surface area contributed by atoms with Crippen LogP contribution in [0.25, 0.3) is 0 Å². The van der Waals surface area contributed by atoms with Crippen LogP contribution in [0.1, 0.15) is 36.5 Å². The molecule has 2 aromatic carbocycles. The molecule has 0 unspecified atom stereocenters. The second-order valence-corrected chi connectivity index (χ2v) is 8.37. The molecule has 0 bridgehead atoms. The zero-order valence-electron chi connectivity index (χ0n) is 14.6. The van der Waals surface area contributed by atoms with Gasteiger partial charge < -0.3 is 4.90 Å². The van der Waals surface area contributed by atoms with E-state index in [1.165, 1.54) is 0 Å². The first-order valence-electron chi connectivity index (χ1n) is 8.26. The maximum atomic E-state index is 12.6. The number of rotatable bonds is 5. The monoisotopic (exact) mass is 358 g/mol. The smallest absolute Gasteiger partial charge is 0.240 e. The van der Waals surface area contributed by atoms with Gasteiger partial charge in [0, 0.05) is 19.3 Å². The Morgan fingerprint density at radius 3 is 2.60 bits per heavy atom. The molecule has 0 aliphatic carbocycles. The average Bonchev–Trinajstić information content (AvgIpc) is 2.87. The van der Waals surface area contributed by atoms with Crippen LogP contribution in [0, 0.1) is 0 Å². The number of carbonyl (C=O) groups is 1. The minimum Gasteiger partial charge on any atom is -0.315 e. The second-order valence-electron chi connectivity index (χ2n) is 6.60. The Labute approximate surface area is 148 Å². The van der Waals surface area contributed by atoms with E-state index in [2.05, 4.69) is 18.6 Å². The number of carbonyl (C=O) groups excluding carboxylic acids is 1. The van der Waals surface area contributed by atoms with Crippen LogP contribution in [-0.2, 0) is 27.8 Å². The lowest BCUT2D eigenvalue weighted by molar-refractivity contribution is -0.117. The fraction of sp³-hybridized carbons (Fsp3) is 0.316. The quantitative estimate of drug-likeness (QED) is 0.894. The average molecular weight is 358 g/mol. The van der Waals surface area contributed by atoms with Crippen molar-refractivity contribution in [1.29, 1.82) is 0 Å². The van der Waals surface area contributed by atoms with Gasteiger partial charge in [0.25, 0.3) is 0 Å². The Bertz CT molecular complexity index is 920. The molecular weight excluding hydrogens is 336 g/mol. The highest BCUT2D eigenvalue weighted by Gasteiger charge is 2.26. The minimum atomic E-state index is -3.64. The molecule has 0 aromatic heterocycles. The van der Waals surface area contributed by atoms with E-state index in [4.69, 9.17) is 0 Å². The van der Waals surface area contributed by atoms with Crippen molar-refractivity contribution in [3.05, 3.63) is 59.2 Å². The Balaban J connectivity index is 1.82. The van der Waals surface area contributed by atoms with Gasteiger partial charge in [-0.05, 0) is 40.8 Å². The third-order valence-corrected chi connectivity index (χ3v) is 5.97. The maximum absolute atomic E-state index is 12.6. The number of nitrogens with one attached hydrogen (secondary N) is 1. The van der Waals surface area contributed by atoms with Gasteiger partial charge in [-0.15, -0.1) is 0 Å². The molecule has 0 fully saturated rings. The van der Waals surface area contributed by atoms with Gasteiger partial charge in [-0.2, -0.15) is 0 Å². The largest absolute Gasteiger partial charge is 0.315 e. The van der Waals surface area contributed by atoms with Crippen molar-refractivity contribution in [2.24, 2.45) is 0 Å². The fourth-order valence-corrected chi connectivity index (χ4v) is 4.19. The van der Waals surface area contributed by atoms with Crippen LogP contribution < -0.4 is 9.62 Å². The zero-order valence-corrected chi connectivity index (χ0v) is 15.4. The molecule has 1 heterocycles. The molecule has 2 aromatic rings. The molecule has 1 aliphatic heterocycles. The van der Waals surface area contributed by atoms with Crippen molar-refractivity contribution in [3.8, 4) is 0 Å². The van der Waals surface area contributed by atoms with E-state index in [-0.39, 0.29) is 23.8 Å². The second kappa shape index (κ2) is 6.61. The predicted molar refractivity (Wildman–Crippen MR) is 98.1 cm³/mol. The molecule has 1 N–H and O–H groups in total. The Morgan fingerprint density at radius 1 is 1.16 bits per heavy atom. The molecule has 3 rings (SSSR count). The van der Waals surface area contributed by atoms with Crippen LogP contribution in [0.2, 0.25) is 0 Å². The third-order valence-electron chi connectivity index (χ3n) is 4.57.